The van der Waals surface area contributed by atoms with E-state index in [9.17, 15) is 9.59 Å². The van der Waals surface area contributed by atoms with E-state index in [0.717, 1.165) is 22.3 Å². The number of hydrogen-bond acceptors (Lipinski definition) is 2. The molecule has 0 atom stereocenters. The van der Waals surface area contributed by atoms with E-state index in [-0.39, 0.29) is 17.4 Å². The van der Waals surface area contributed by atoms with Gasteiger partial charge in [0.25, 0.3) is 11.8 Å². The molecule has 0 aliphatic carbocycles. The van der Waals surface area contributed by atoms with Gasteiger partial charge < -0.3 is 10.2 Å². The van der Waals surface area contributed by atoms with Gasteiger partial charge in [0.05, 0.1) is 0 Å². The van der Waals surface area contributed by atoms with Crippen LogP contribution in [0.25, 0.3) is 11.1 Å². The highest BCUT2D eigenvalue weighted by molar-refractivity contribution is 6.06. The lowest BCUT2D eigenvalue weighted by molar-refractivity contribution is -0.112. The molecular weight excluding hydrogens is 444 g/mol. The first-order chi connectivity index (χ1) is 17.5. The van der Waals surface area contributed by atoms with Crippen LogP contribution in [0, 0.1) is 0 Å². The summed E-state index contributed by atoms with van der Waals surface area (Å²) in [5.74, 6) is -0.379. The molecule has 4 aromatic carbocycles. The van der Waals surface area contributed by atoms with Gasteiger partial charge in [-0.25, -0.2) is 0 Å². The fraction of sp³-hybridized carbons (Fsp3) is 0.0625. The third-order valence-electron chi connectivity index (χ3n) is 5.85. The summed E-state index contributed by atoms with van der Waals surface area (Å²) < 4.78 is 0. The number of nitrogens with one attached hydrogen (secondary N) is 1. The smallest absolute Gasteiger partial charge is 0.255 e. The maximum atomic E-state index is 14.0. The second kappa shape index (κ2) is 11.6. The van der Waals surface area contributed by atoms with Crippen LogP contribution in [-0.2, 0) is 17.9 Å². The molecule has 36 heavy (non-hydrogen) atoms. The first-order valence-electron chi connectivity index (χ1n) is 11.7. The zero-order valence-corrected chi connectivity index (χ0v) is 20.1. The molecule has 4 rings (SSSR count). The highest BCUT2D eigenvalue weighted by atomic mass is 16.2. The van der Waals surface area contributed by atoms with E-state index in [1.54, 1.807) is 6.07 Å². The summed E-state index contributed by atoms with van der Waals surface area (Å²) in [6, 6.07) is 35.0. The fourth-order valence-corrected chi connectivity index (χ4v) is 3.97. The van der Waals surface area contributed by atoms with E-state index in [1.807, 2.05) is 108 Å². The summed E-state index contributed by atoms with van der Waals surface area (Å²) in [4.78, 5) is 28.1. The maximum Gasteiger partial charge on any atom is 0.255 e. The van der Waals surface area contributed by atoms with E-state index >= 15 is 0 Å². The van der Waals surface area contributed by atoms with Crippen molar-refractivity contribution in [2.24, 2.45) is 0 Å². The van der Waals surface area contributed by atoms with Gasteiger partial charge in [0.2, 0.25) is 0 Å². The normalized spacial score (nSPS) is 10.3. The third kappa shape index (κ3) is 6.05. The predicted octanol–water partition coefficient (Wildman–Crippen LogP) is 6.88. The molecule has 0 saturated heterocycles. The molecule has 0 unspecified atom stereocenters. The summed E-state index contributed by atoms with van der Waals surface area (Å²) in [5.41, 5.74) is 5.26. The van der Waals surface area contributed by atoms with Crippen molar-refractivity contribution in [2.45, 2.75) is 13.1 Å². The lowest BCUT2D eigenvalue weighted by atomic mass is 9.98. The van der Waals surface area contributed by atoms with Crippen LogP contribution < -0.4 is 5.32 Å². The predicted molar refractivity (Wildman–Crippen MR) is 146 cm³/mol. The largest absolute Gasteiger partial charge is 0.330 e. The van der Waals surface area contributed by atoms with Crippen molar-refractivity contribution in [3.8, 4) is 11.1 Å². The lowest BCUT2D eigenvalue weighted by Gasteiger charge is -2.24. The Balaban J connectivity index is 1.67. The maximum absolute atomic E-state index is 14.0. The van der Waals surface area contributed by atoms with E-state index in [1.165, 1.54) is 6.08 Å². The van der Waals surface area contributed by atoms with Crippen molar-refractivity contribution >= 4 is 17.5 Å². The molecule has 0 radical (unpaired) electrons. The van der Waals surface area contributed by atoms with Crippen LogP contribution in [0.5, 0.6) is 0 Å². The van der Waals surface area contributed by atoms with E-state index in [4.69, 9.17) is 0 Å². The van der Waals surface area contributed by atoms with Crippen molar-refractivity contribution in [3.05, 3.63) is 151 Å². The first-order valence-corrected chi connectivity index (χ1v) is 11.7. The van der Waals surface area contributed by atoms with Gasteiger partial charge in [0.15, 0.2) is 0 Å². The standard InChI is InChI=1S/C32H28N2O2/c1-3-24(2)31(35)33-28-18-12-17-27(21-28)29-19-10-11-20-30(29)32(36)34(22-25-13-6-4-7-14-25)23-26-15-8-5-9-16-26/h3-21H,1-2,22-23H2,(H,33,35). The molecule has 0 heterocycles. The van der Waals surface area contributed by atoms with Gasteiger partial charge >= 0.3 is 0 Å². The topological polar surface area (TPSA) is 49.4 Å². The van der Waals surface area contributed by atoms with Gasteiger partial charge in [-0.3, -0.25) is 9.59 Å². The molecular formula is C32H28N2O2. The Kier molecular flexibility index (Phi) is 7.89. The minimum absolute atomic E-state index is 0.0622. The number of carbonyl (C=O) groups is 2. The van der Waals surface area contributed by atoms with Crippen LogP contribution >= 0.6 is 0 Å². The molecule has 0 fully saturated rings. The average Bonchev–Trinajstić information content (AvgIpc) is 2.93. The molecule has 0 aromatic heterocycles. The number of benzene rings is 4. The van der Waals surface area contributed by atoms with E-state index in [2.05, 4.69) is 18.5 Å². The van der Waals surface area contributed by atoms with Crippen molar-refractivity contribution in [1.82, 2.24) is 4.90 Å². The Hall–Kier alpha value is -4.70. The molecule has 178 valence electrons. The number of anilines is 1. The van der Waals surface area contributed by atoms with Gasteiger partial charge in [-0.1, -0.05) is 110 Å². The minimum atomic E-state index is -0.316. The second-order valence-electron chi connectivity index (χ2n) is 8.44. The van der Waals surface area contributed by atoms with Gasteiger partial charge in [-0.2, -0.15) is 0 Å². The van der Waals surface area contributed by atoms with Crippen LogP contribution in [0.15, 0.2) is 134 Å². The minimum Gasteiger partial charge on any atom is -0.330 e. The van der Waals surface area contributed by atoms with Crippen LogP contribution in [-0.4, -0.2) is 16.7 Å². The summed E-state index contributed by atoms with van der Waals surface area (Å²) in [6.45, 7) is 8.27. The number of amides is 2. The summed E-state index contributed by atoms with van der Waals surface area (Å²) >= 11 is 0. The number of rotatable bonds is 9. The molecule has 0 bridgehead atoms. The average molecular weight is 473 g/mol. The summed E-state index contributed by atoms with van der Waals surface area (Å²) in [7, 11) is 0. The second-order valence-corrected chi connectivity index (χ2v) is 8.44. The molecule has 0 aliphatic rings. The Morgan fingerprint density at radius 2 is 1.33 bits per heavy atom. The number of hydrogen-bond donors (Lipinski definition) is 1. The van der Waals surface area contributed by atoms with Gasteiger partial charge in [0.1, 0.15) is 0 Å². The zero-order valence-electron chi connectivity index (χ0n) is 20.1. The van der Waals surface area contributed by atoms with Crippen molar-refractivity contribution < 1.29 is 9.59 Å². The first kappa shape index (κ1) is 24.4. The SMILES string of the molecule is C=CC(=C)C(=O)Nc1cccc(-c2ccccc2C(=O)N(Cc2ccccc2)Cc2ccccc2)c1. The quantitative estimate of drug-likeness (QED) is 0.213. The van der Waals surface area contributed by atoms with Crippen LogP contribution in [0.1, 0.15) is 21.5 Å². The molecule has 4 nitrogen and oxygen atoms in total. The monoisotopic (exact) mass is 472 g/mol. The highest BCUT2D eigenvalue weighted by Gasteiger charge is 2.20. The fourth-order valence-electron chi connectivity index (χ4n) is 3.97. The number of nitrogens with zero attached hydrogens (tertiary/aromatic N) is 1. The molecule has 0 spiro atoms. The Labute approximate surface area is 212 Å². The molecule has 4 aromatic rings. The zero-order chi connectivity index (χ0) is 25.3. The van der Waals surface area contributed by atoms with Crippen LogP contribution in [0.4, 0.5) is 5.69 Å². The van der Waals surface area contributed by atoms with E-state index in [0.29, 0.717) is 24.3 Å². The van der Waals surface area contributed by atoms with Gasteiger partial charge in [-0.05, 0) is 40.5 Å². The molecule has 1 N–H and O–H groups in total. The Morgan fingerprint density at radius 1 is 0.750 bits per heavy atom. The molecule has 2 amide bonds. The van der Waals surface area contributed by atoms with Gasteiger partial charge in [0, 0.05) is 29.9 Å². The summed E-state index contributed by atoms with van der Waals surface area (Å²) in [5, 5.41) is 2.83. The number of carbonyl (C=O) groups excluding carboxylic acids is 2. The Morgan fingerprint density at radius 3 is 1.94 bits per heavy atom. The van der Waals surface area contributed by atoms with Crippen molar-refractivity contribution in [1.29, 1.82) is 0 Å². The molecule has 0 saturated carbocycles. The Bertz CT molecular complexity index is 1340. The van der Waals surface area contributed by atoms with Crippen LogP contribution in [0.3, 0.4) is 0 Å². The van der Waals surface area contributed by atoms with E-state index < -0.39 is 0 Å². The molecule has 0 aliphatic heterocycles. The third-order valence-corrected chi connectivity index (χ3v) is 5.85. The van der Waals surface area contributed by atoms with Crippen molar-refractivity contribution in [2.75, 3.05) is 5.32 Å². The van der Waals surface area contributed by atoms with Crippen LogP contribution in [0.2, 0.25) is 0 Å². The van der Waals surface area contributed by atoms with Crippen molar-refractivity contribution in [3.63, 3.8) is 0 Å². The lowest BCUT2D eigenvalue weighted by Crippen LogP contribution is -2.30. The molecule has 4 heteroatoms. The van der Waals surface area contributed by atoms with Gasteiger partial charge in [-0.15, -0.1) is 0 Å². The highest BCUT2D eigenvalue weighted by Crippen LogP contribution is 2.28. The summed E-state index contributed by atoms with van der Waals surface area (Å²) in [6.07, 6.45) is 1.42.